The Hall–Kier alpha value is -3.93. The lowest BCUT2D eigenvalue weighted by Crippen LogP contribution is -2.31. The second-order valence-electron chi connectivity index (χ2n) is 8.80. The molecule has 0 N–H and O–H groups in total. The summed E-state index contributed by atoms with van der Waals surface area (Å²) in [6, 6.07) is 21.1. The van der Waals surface area contributed by atoms with Crippen LogP contribution in [0.3, 0.4) is 0 Å². The van der Waals surface area contributed by atoms with Gasteiger partial charge in [-0.2, -0.15) is 5.10 Å². The molecule has 0 unspecified atom stereocenters. The van der Waals surface area contributed by atoms with Gasteiger partial charge in [0.1, 0.15) is 17.3 Å². The highest BCUT2D eigenvalue weighted by atomic mass is 19.1. The number of carbonyl (C=O) groups excluding carboxylic acids is 1. The van der Waals surface area contributed by atoms with Crippen LogP contribution in [-0.2, 0) is 0 Å². The van der Waals surface area contributed by atoms with E-state index < -0.39 is 0 Å². The number of halogens is 1. The monoisotopic (exact) mass is 470 g/mol. The first-order valence-corrected chi connectivity index (χ1v) is 11.7. The van der Waals surface area contributed by atoms with Crippen LogP contribution in [0, 0.1) is 11.7 Å². The molecule has 1 aliphatic carbocycles. The van der Waals surface area contributed by atoms with Gasteiger partial charge in [-0.15, -0.1) is 0 Å². The van der Waals surface area contributed by atoms with Crippen LogP contribution in [0.15, 0.2) is 83.5 Å². The molecule has 1 saturated carbocycles. The van der Waals surface area contributed by atoms with Gasteiger partial charge in [-0.1, -0.05) is 24.3 Å². The average Bonchev–Trinajstić information content (AvgIpc) is 3.30. The van der Waals surface area contributed by atoms with Crippen molar-refractivity contribution >= 4 is 17.7 Å². The summed E-state index contributed by atoms with van der Waals surface area (Å²) >= 11 is 0. The third-order valence-electron chi connectivity index (χ3n) is 6.71. The fourth-order valence-corrected chi connectivity index (χ4v) is 4.93. The van der Waals surface area contributed by atoms with Crippen molar-refractivity contribution in [2.24, 2.45) is 11.0 Å². The normalized spacial score (nSPS) is 20.4. The Morgan fingerprint density at radius 2 is 1.57 bits per heavy atom. The number of hydrogen-bond donors (Lipinski definition) is 0. The Morgan fingerprint density at radius 1 is 0.943 bits per heavy atom. The maximum atomic E-state index is 13.6. The topological polar surface area (TPSA) is 51.1 Å². The minimum atomic E-state index is -0.376. The lowest BCUT2D eigenvalue weighted by Gasteiger charge is -2.29. The van der Waals surface area contributed by atoms with Gasteiger partial charge in [0.15, 0.2) is 0 Å². The molecule has 1 aliphatic heterocycles. The lowest BCUT2D eigenvalue weighted by molar-refractivity contribution is 0.0681. The van der Waals surface area contributed by atoms with Crippen molar-refractivity contribution in [3.63, 3.8) is 0 Å². The quantitative estimate of drug-likeness (QED) is 0.441. The van der Waals surface area contributed by atoms with Crippen molar-refractivity contribution in [2.45, 2.75) is 25.3 Å². The van der Waals surface area contributed by atoms with Crippen LogP contribution < -0.4 is 9.47 Å². The number of carbonyl (C=O) groups is 1. The van der Waals surface area contributed by atoms with E-state index in [1.165, 1.54) is 24.3 Å². The SMILES string of the molecule is COc1ccc(/C=C2\CCC[C@@H]3C2=NN(C(=O)c2ccc(F)cc2)[C@@H]3c2ccc(OC)cc2)cc1. The number of ether oxygens (including phenoxy) is 2. The Morgan fingerprint density at radius 3 is 2.20 bits per heavy atom. The molecule has 0 saturated heterocycles. The summed E-state index contributed by atoms with van der Waals surface area (Å²) in [4.78, 5) is 13.6. The number of hydrazone groups is 1. The van der Waals surface area contributed by atoms with E-state index in [4.69, 9.17) is 14.6 Å². The molecule has 5 nitrogen and oxygen atoms in total. The number of fused-ring (bicyclic) bond motifs is 1. The first kappa shape index (κ1) is 22.8. The van der Waals surface area contributed by atoms with Gasteiger partial charge in [0.25, 0.3) is 5.91 Å². The van der Waals surface area contributed by atoms with Gasteiger partial charge in [-0.05, 0) is 90.6 Å². The van der Waals surface area contributed by atoms with Crippen LogP contribution in [0.1, 0.15) is 46.8 Å². The summed E-state index contributed by atoms with van der Waals surface area (Å²) in [5.41, 5.74) is 4.56. The van der Waals surface area contributed by atoms with Crippen LogP contribution in [0.4, 0.5) is 4.39 Å². The molecule has 178 valence electrons. The van der Waals surface area contributed by atoms with E-state index in [0.29, 0.717) is 5.56 Å². The molecular weight excluding hydrogens is 443 g/mol. The van der Waals surface area contributed by atoms with E-state index in [2.05, 4.69) is 6.08 Å². The van der Waals surface area contributed by atoms with E-state index in [0.717, 1.165) is 53.2 Å². The molecule has 1 amide bonds. The number of amides is 1. The Bertz CT molecular complexity index is 1260. The fourth-order valence-electron chi connectivity index (χ4n) is 4.93. The zero-order valence-corrected chi connectivity index (χ0v) is 19.8. The van der Waals surface area contributed by atoms with Crippen LogP contribution in [0.5, 0.6) is 11.5 Å². The number of rotatable bonds is 5. The van der Waals surface area contributed by atoms with E-state index in [1.54, 1.807) is 19.2 Å². The summed E-state index contributed by atoms with van der Waals surface area (Å²) in [7, 11) is 3.28. The van der Waals surface area contributed by atoms with Crippen LogP contribution in [0.2, 0.25) is 0 Å². The van der Waals surface area contributed by atoms with Gasteiger partial charge in [0.05, 0.1) is 26.0 Å². The Labute approximate surface area is 204 Å². The summed E-state index contributed by atoms with van der Waals surface area (Å²) in [5.74, 6) is 1.03. The van der Waals surface area contributed by atoms with Crippen molar-refractivity contribution in [3.05, 3.63) is 101 Å². The minimum absolute atomic E-state index is 0.0750. The average molecular weight is 471 g/mol. The molecule has 0 aromatic heterocycles. The Balaban J connectivity index is 1.55. The van der Waals surface area contributed by atoms with Crippen molar-refractivity contribution in [2.75, 3.05) is 14.2 Å². The standard InChI is InChI=1S/C29H27FN2O3/c1-34-24-14-6-19(7-15-24)18-22-4-3-5-26-27(22)31-32(29(33)21-8-12-23(30)13-9-21)28(26)20-10-16-25(35-2)17-11-20/h6-18,26,28H,3-5H2,1-2H3/b22-18+/t26-,28-/m1/s1. The third kappa shape index (κ3) is 4.56. The molecule has 2 atom stereocenters. The van der Waals surface area contributed by atoms with E-state index in [1.807, 2.05) is 48.5 Å². The minimum Gasteiger partial charge on any atom is -0.497 e. The lowest BCUT2D eigenvalue weighted by atomic mass is 9.77. The summed E-state index contributed by atoms with van der Waals surface area (Å²) in [6.07, 6.45) is 5.00. The van der Waals surface area contributed by atoms with Crippen molar-refractivity contribution in [1.82, 2.24) is 5.01 Å². The molecule has 1 heterocycles. The van der Waals surface area contributed by atoms with Gasteiger partial charge in [-0.3, -0.25) is 4.79 Å². The van der Waals surface area contributed by atoms with Gasteiger partial charge in [0.2, 0.25) is 0 Å². The van der Waals surface area contributed by atoms with Gasteiger partial charge < -0.3 is 9.47 Å². The van der Waals surface area contributed by atoms with Gasteiger partial charge >= 0.3 is 0 Å². The van der Waals surface area contributed by atoms with Crippen molar-refractivity contribution in [3.8, 4) is 11.5 Å². The van der Waals surface area contributed by atoms with Gasteiger partial charge in [-0.25, -0.2) is 9.40 Å². The second kappa shape index (κ2) is 9.74. The van der Waals surface area contributed by atoms with Crippen molar-refractivity contribution < 1.29 is 18.7 Å². The molecule has 6 heteroatoms. The number of methoxy groups -OCH3 is 2. The highest BCUT2D eigenvalue weighted by Gasteiger charge is 2.43. The number of benzene rings is 3. The molecule has 3 aromatic carbocycles. The van der Waals surface area contributed by atoms with Crippen LogP contribution >= 0.6 is 0 Å². The first-order valence-electron chi connectivity index (χ1n) is 11.7. The molecule has 0 spiro atoms. The fraction of sp³-hybridized carbons (Fsp3) is 0.241. The maximum absolute atomic E-state index is 13.6. The highest BCUT2D eigenvalue weighted by molar-refractivity contribution is 6.09. The first-order chi connectivity index (χ1) is 17.1. The van der Waals surface area contributed by atoms with E-state index in [-0.39, 0.29) is 23.7 Å². The summed E-state index contributed by atoms with van der Waals surface area (Å²) in [5, 5.41) is 6.49. The molecule has 0 bridgehead atoms. The van der Waals surface area contributed by atoms with Crippen LogP contribution in [0.25, 0.3) is 6.08 Å². The maximum Gasteiger partial charge on any atom is 0.274 e. The zero-order valence-electron chi connectivity index (χ0n) is 19.8. The van der Waals surface area contributed by atoms with Gasteiger partial charge in [0, 0.05) is 11.5 Å². The highest BCUT2D eigenvalue weighted by Crippen LogP contribution is 2.45. The van der Waals surface area contributed by atoms with E-state index >= 15 is 0 Å². The zero-order chi connectivity index (χ0) is 24.4. The third-order valence-corrected chi connectivity index (χ3v) is 6.71. The van der Waals surface area contributed by atoms with Crippen molar-refractivity contribution in [1.29, 1.82) is 0 Å². The Kier molecular flexibility index (Phi) is 6.36. The summed E-state index contributed by atoms with van der Waals surface area (Å²) in [6.45, 7) is 0. The predicted octanol–water partition coefficient (Wildman–Crippen LogP) is 6.28. The summed E-state index contributed by atoms with van der Waals surface area (Å²) < 4.78 is 24.1. The largest absolute Gasteiger partial charge is 0.497 e. The number of hydrogen-bond acceptors (Lipinski definition) is 4. The smallest absolute Gasteiger partial charge is 0.274 e. The van der Waals surface area contributed by atoms with Crippen LogP contribution in [-0.4, -0.2) is 30.8 Å². The molecular formula is C29H27FN2O3. The van der Waals surface area contributed by atoms with E-state index in [9.17, 15) is 9.18 Å². The molecule has 2 aliphatic rings. The molecule has 5 rings (SSSR count). The second-order valence-corrected chi connectivity index (χ2v) is 8.80. The predicted molar refractivity (Wildman–Crippen MR) is 134 cm³/mol. The molecule has 3 aromatic rings. The molecule has 0 radical (unpaired) electrons. The number of nitrogens with zero attached hydrogens (tertiary/aromatic N) is 2. The molecule has 1 fully saturated rings. The number of allylic oxidation sites excluding steroid dienone is 1. The molecule has 35 heavy (non-hydrogen) atoms.